The molecule has 6 nitrogen and oxygen atoms in total. The van der Waals surface area contributed by atoms with Crippen LogP contribution < -0.4 is 10.0 Å². The summed E-state index contributed by atoms with van der Waals surface area (Å²) in [6.07, 6.45) is 0. The number of halogens is 1. The third-order valence-electron chi connectivity index (χ3n) is 5.99. The normalized spacial score (nSPS) is 18.6. The van der Waals surface area contributed by atoms with Crippen molar-refractivity contribution < 1.29 is 17.5 Å². The Hall–Kier alpha value is -4.09. The van der Waals surface area contributed by atoms with Gasteiger partial charge in [0.05, 0.1) is 18.2 Å². The second-order valence-electron chi connectivity index (χ2n) is 8.19. The average Bonchev–Trinajstić information content (AvgIpc) is 2.82. The van der Waals surface area contributed by atoms with Crippen molar-refractivity contribution in [1.29, 1.82) is 5.26 Å². The third-order valence-corrected chi connectivity index (χ3v) is 7.87. The van der Waals surface area contributed by atoms with Gasteiger partial charge in [-0.1, -0.05) is 54.1 Å². The Morgan fingerprint density at radius 3 is 2.53 bits per heavy atom. The Kier molecular flexibility index (Phi) is 5.14. The van der Waals surface area contributed by atoms with E-state index in [9.17, 15) is 18.1 Å². The molecule has 3 aromatic rings. The topological polar surface area (TPSA) is 96.4 Å². The molecule has 0 unspecified atom stereocenters. The number of benzene rings is 3. The van der Waals surface area contributed by atoms with E-state index in [4.69, 9.17) is 10.5 Å². The second kappa shape index (κ2) is 8.04. The highest BCUT2D eigenvalue weighted by Gasteiger charge is 2.47. The molecule has 0 saturated carbocycles. The van der Waals surface area contributed by atoms with E-state index in [0.29, 0.717) is 16.8 Å². The molecule has 0 radical (unpaired) electrons. The van der Waals surface area contributed by atoms with E-state index in [1.165, 1.54) is 22.5 Å². The number of nitrogens with two attached hydrogens (primary N) is 1. The zero-order valence-corrected chi connectivity index (χ0v) is 19.0. The number of anilines is 1. The Labute approximate surface area is 197 Å². The number of fused-ring (bicyclic) bond motifs is 2. The zero-order valence-electron chi connectivity index (χ0n) is 18.2. The lowest BCUT2D eigenvalue weighted by molar-refractivity contribution is 0.357. The molecular weight excluding hydrogens is 453 g/mol. The summed E-state index contributed by atoms with van der Waals surface area (Å²) in [7, 11) is -4.20. The lowest BCUT2D eigenvalue weighted by Crippen LogP contribution is -2.39. The monoisotopic (exact) mass is 473 g/mol. The van der Waals surface area contributed by atoms with Crippen LogP contribution in [0.1, 0.15) is 28.2 Å². The zero-order chi connectivity index (χ0) is 24.0. The van der Waals surface area contributed by atoms with Crippen molar-refractivity contribution in [2.45, 2.75) is 19.4 Å². The molecule has 0 aliphatic carbocycles. The number of aryl methyl sites for hydroxylation is 1. The van der Waals surface area contributed by atoms with Gasteiger partial charge in [0.1, 0.15) is 22.4 Å². The number of ether oxygens (including phenoxy) is 1. The maximum absolute atomic E-state index is 14.2. The van der Waals surface area contributed by atoms with E-state index in [1.807, 2.05) is 37.3 Å². The van der Waals surface area contributed by atoms with Crippen LogP contribution in [0.15, 0.2) is 89.2 Å². The van der Waals surface area contributed by atoms with Crippen molar-refractivity contribution in [2.24, 2.45) is 5.73 Å². The molecular formula is C26H20FN3O3S. The number of allylic oxidation sites excluding steroid dienone is 2. The van der Waals surface area contributed by atoms with Crippen LogP contribution in [0.4, 0.5) is 10.1 Å². The summed E-state index contributed by atoms with van der Waals surface area (Å²) in [5.41, 5.74) is 9.12. The summed E-state index contributed by atoms with van der Waals surface area (Å²) < 4.78 is 49.5. The minimum atomic E-state index is -4.20. The van der Waals surface area contributed by atoms with Crippen LogP contribution in [0.2, 0.25) is 0 Å². The molecule has 0 bridgehead atoms. The Bertz CT molecular complexity index is 1520. The molecule has 170 valence electrons. The largest absolute Gasteiger partial charge is 0.439 e. The van der Waals surface area contributed by atoms with Gasteiger partial charge in [-0.3, -0.25) is 4.31 Å². The standard InChI is InChI=1S/C26H20FN3O3S/c1-16-9-11-17(12-10-16)15-30-22-8-3-2-7-20(22)24-25(34(30,31)32)23(21(14-28)26(29)33-24)18-5-4-6-19(27)13-18/h2-13,23H,15,29H2,1H3/t23-/m1/s1. The van der Waals surface area contributed by atoms with E-state index < -0.39 is 21.8 Å². The minimum Gasteiger partial charge on any atom is -0.439 e. The smallest absolute Gasteiger partial charge is 0.265 e. The molecule has 0 spiro atoms. The number of para-hydroxylation sites is 1. The molecule has 0 fully saturated rings. The van der Waals surface area contributed by atoms with Gasteiger partial charge >= 0.3 is 0 Å². The minimum absolute atomic E-state index is 0.0570. The molecule has 1 atom stereocenters. The van der Waals surface area contributed by atoms with Gasteiger partial charge in [-0.25, -0.2) is 12.8 Å². The van der Waals surface area contributed by atoms with E-state index in [0.717, 1.165) is 11.1 Å². The van der Waals surface area contributed by atoms with Crippen LogP contribution in [-0.2, 0) is 21.3 Å². The number of nitrogens with zero attached hydrogens (tertiary/aromatic N) is 2. The van der Waals surface area contributed by atoms with Crippen molar-refractivity contribution in [2.75, 3.05) is 4.31 Å². The van der Waals surface area contributed by atoms with Gasteiger partial charge in [0, 0.05) is 5.56 Å². The molecule has 2 heterocycles. The first-order chi connectivity index (χ1) is 16.3. The molecule has 2 aliphatic heterocycles. The molecule has 5 rings (SSSR count). The molecule has 2 N–H and O–H groups in total. The van der Waals surface area contributed by atoms with E-state index in [2.05, 4.69) is 0 Å². The fourth-order valence-electron chi connectivity index (χ4n) is 4.36. The first kappa shape index (κ1) is 21.7. The van der Waals surface area contributed by atoms with Gasteiger partial charge < -0.3 is 10.5 Å². The predicted molar refractivity (Wildman–Crippen MR) is 127 cm³/mol. The summed E-state index contributed by atoms with van der Waals surface area (Å²) in [6, 6.07) is 22.0. The fourth-order valence-corrected chi connectivity index (χ4v) is 6.27. The maximum atomic E-state index is 14.2. The van der Waals surface area contributed by atoms with E-state index in [-0.39, 0.29) is 28.7 Å². The van der Waals surface area contributed by atoms with Gasteiger partial charge in [-0.15, -0.1) is 0 Å². The van der Waals surface area contributed by atoms with Crippen LogP contribution >= 0.6 is 0 Å². The quantitative estimate of drug-likeness (QED) is 0.597. The maximum Gasteiger partial charge on any atom is 0.265 e. The van der Waals surface area contributed by atoms with Gasteiger partial charge in [0.15, 0.2) is 5.76 Å². The predicted octanol–water partition coefficient (Wildman–Crippen LogP) is 4.66. The van der Waals surface area contributed by atoms with Crippen molar-refractivity contribution in [3.63, 3.8) is 0 Å². The molecule has 34 heavy (non-hydrogen) atoms. The van der Waals surface area contributed by atoms with Crippen LogP contribution in [-0.4, -0.2) is 8.42 Å². The molecule has 0 aromatic heterocycles. The summed E-state index contributed by atoms with van der Waals surface area (Å²) in [6.45, 7) is 2.03. The van der Waals surface area contributed by atoms with Gasteiger partial charge in [0.25, 0.3) is 10.0 Å². The van der Waals surface area contributed by atoms with Crippen LogP contribution in [0.5, 0.6) is 0 Å². The van der Waals surface area contributed by atoms with Gasteiger partial charge in [0.2, 0.25) is 5.88 Å². The highest BCUT2D eigenvalue weighted by Crippen LogP contribution is 2.51. The first-order valence-electron chi connectivity index (χ1n) is 10.6. The fraction of sp³-hybridized carbons (Fsp3) is 0.115. The highest BCUT2D eigenvalue weighted by molar-refractivity contribution is 7.96. The Morgan fingerprint density at radius 2 is 1.82 bits per heavy atom. The summed E-state index contributed by atoms with van der Waals surface area (Å²) in [5.74, 6) is -1.80. The number of rotatable bonds is 3. The van der Waals surface area contributed by atoms with Crippen LogP contribution in [0.25, 0.3) is 5.76 Å². The second-order valence-corrected chi connectivity index (χ2v) is 10.0. The van der Waals surface area contributed by atoms with Crippen LogP contribution in [0, 0.1) is 24.1 Å². The van der Waals surface area contributed by atoms with E-state index >= 15 is 0 Å². The van der Waals surface area contributed by atoms with E-state index in [1.54, 1.807) is 30.3 Å². The SMILES string of the molecule is Cc1ccc(CN2c3ccccc3C3=C([C@H](c4cccc(F)c4)C(C#N)=C(N)O3)S2(=O)=O)cc1. The summed E-state index contributed by atoms with van der Waals surface area (Å²) in [5, 5.41) is 9.85. The van der Waals surface area contributed by atoms with Crippen molar-refractivity contribution in [3.05, 3.63) is 117 Å². The number of sulfonamides is 1. The molecule has 8 heteroatoms. The van der Waals surface area contributed by atoms with Crippen molar-refractivity contribution in [3.8, 4) is 6.07 Å². The first-order valence-corrected chi connectivity index (χ1v) is 12.0. The number of hydrogen-bond acceptors (Lipinski definition) is 5. The highest BCUT2D eigenvalue weighted by atomic mass is 32.2. The summed E-state index contributed by atoms with van der Waals surface area (Å²) >= 11 is 0. The average molecular weight is 474 g/mol. The number of hydrogen-bond donors (Lipinski definition) is 1. The molecule has 0 saturated heterocycles. The summed E-state index contributed by atoms with van der Waals surface area (Å²) in [4.78, 5) is -0.130. The van der Waals surface area contributed by atoms with Gasteiger partial charge in [-0.05, 0) is 42.3 Å². The van der Waals surface area contributed by atoms with Crippen LogP contribution in [0.3, 0.4) is 0 Å². The van der Waals surface area contributed by atoms with Crippen molar-refractivity contribution >= 4 is 21.5 Å². The third kappa shape index (κ3) is 3.42. The molecule has 3 aromatic carbocycles. The Balaban J connectivity index is 1.76. The number of nitriles is 1. The Morgan fingerprint density at radius 1 is 1.09 bits per heavy atom. The lowest BCUT2D eigenvalue weighted by Gasteiger charge is -2.38. The lowest BCUT2D eigenvalue weighted by atomic mass is 9.88. The molecule has 2 aliphatic rings. The van der Waals surface area contributed by atoms with Crippen molar-refractivity contribution in [1.82, 2.24) is 0 Å². The van der Waals surface area contributed by atoms with Gasteiger partial charge in [-0.2, -0.15) is 5.26 Å². The molecule has 0 amide bonds.